The van der Waals surface area contributed by atoms with Crippen molar-refractivity contribution in [3.8, 4) is 0 Å². The molecule has 0 aliphatic rings. The number of aromatic nitrogens is 1. The predicted molar refractivity (Wildman–Crippen MR) is 75.2 cm³/mol. The fourth-order valence-corrected chi connectivity index (χ4v) is 3.83. The highest BCUT2D eigenvalue weighted by Crippen LogP contribution is 2.21. The van der Waals surface area contributed by atoms with Gasteiger partial charge >= 0.3 is 0 Å². The normalized spacial score (nSPS) is 11.7. The number of nitrogens with two attached hydrogens (primary N) is 1. The SMILES string of the molecule is Cc1cccc(CNS(=O)(=O)c2ccc(CN)s2)n1. The minimum atomic E-state index is -3.49. The number of hydrogen-bond donors (Lipinski definition) is 2. The van der Waals surface area contributed by atoms with Gasteiger partial charge in [0.1, 0.15) is 4.21 Å². The van der Waals surface area contributed by atoms with E-state index < -0.39 is 10.0 Å². The lowest BCUT2D eigenvalue weighted by atomic mass is 10.3. The Balaban J connectivity index is 2.09. The second-order valence-corrected chi connectivity index (χ2v) is 7.18. The zero-order valence-electron chi connectivity index (χ0n) is 10.5. The summed E-state index contributed by atoms with van der Waals surface area (Å²) in [7, 11) is -3.49. The van der Waals surface area contributed by atoms with Crippen LogP contribution in [0.5, 0.6) is 0 Å². The number of rotatable bonds is 5. The average molecular weight is 297 g/mol. The van der Waals surface area contributed by atoms with E-state index in [1.54, 1.807) is 18.2 Å². The number of pyridine rings is 1. The third-order valence-electron chi connectivity index (χ3n) is 2.49. The molecule has 19 heavy (non-hydrogen) atoms. The first-order valence-electron chi connectivity index (χ1n) is 5.72. The van der Waals surface area contributed by atoms with Crippen molar-refractivity contribution in [2.24, 2.45) is 5.73 Å². The van der Waals surface area contributed by atoms with Gasteiger partial charge in [-0.1, -0.05) is 6.07 Å². The molecule has 0 spiro atoms. The van der Waals surface area contributed by atoms with E-state index in [0.717, 1.165) is 10.6 Å². The van der Waals surface area contributed by atoms with Gasteiger partial charge in [-0.05, 0) is 31.2 Å². The van der Waals surface area contributed by atoms with E-state index in [4.69, 9.17) is 5.73 Å². The van der Waals surface area contributed by atoms with Crippen molar-refractivity contribution in [2.75, 3.05) is 0 Å². The van der Waals surface area contributed by atoms with E-state index in [0.29, 0.717) is 12.2 Å². The Morgan fingerprint density at radius 2 is 2.11 bits per heavy atom. The van der Waals surface area contributed by atoms with E-state index in [1.807, 2.05) is 19.1 Å². The van der Waals surface area contributed by atoms with E-state index in [9.17, 15) is 8.42 Å². The molecule has 2 aromatic heterocycles. The Labute approximate surface area is 116 Å². The lowest BCUT2D eigenvalue weighted by Gasteiger charge is -2.04. The summed E-state index contributed by atoms with van der Waals surface area (Å²) in [6.45, 7) is 2.39. The number of hydrogen-bond acceptors (Lipinski definition) is 5. The zero-order valence-corrected chi connectivity index (χ0v) is 12.1. The summed E-state index contributed by atoms with van der Waals surface area (Å²) >= 11 is 1.18. The highest BCUT2D eigenvalue weighted by atomic mass is 32.2. The monoisotopic (exact) mass is 297 g/mol. The van der Waals surface area contributed by atoms with Crippen molar-refractivity contribution in [1.82, 2.24) is 9.71 Å². The standard InChI is InChI=1S/C12H15N3O2S2/c1-9-3-2-4-10(15-9)8-14-19(16,17)12-6-5-11(7-13)18-12/h2-6,14H,7-8,13H2,1H3. The summed E-state index contributed by atoms with van der Waals surface area (Å²) in [4.78, 5) is 5.09. The molecule has 2 aromatic rings. The van der Waals surface area contributed by atoms with Crippen LogP contribution in [0.4, 0.5) is 0 Å². The summed E-state index contributed by atoms with van der Waals surface area (Å²) in [6, 6.07) is 8.80. The number of sulfonamides is 1. The molecular weight excluding hydrogens is 282 g/mol. The van der Waals surface area contributed by atoms with Gasteiger partial charge in [0.2, 0.25) is 10.0 Å². The Morgan fingerprint density at radius 1 is 1.32 bits per heavy atom. The molecular formula is C12H15N3O2S2. The molecule has 0 atom stereocenters. The van der Waals surface area contributed by atoms with Crippen LogP contribution in [0.3, 0.4) is 0 Å². The predicted octanol–water partition coefficient (Wildman–Crippen LogP) is 1.39. The lowest BCUT2D eigenvalue weighted by molar-refractivity contribution is 0.582. The number of nitrogens with one attached hydrogen (secondary N) is 1. The number of aryl methyl sites for hydroxylation is 1. The highest BCUT2D eigenvalue weighted by Gasteiger charge is 2.16. The van der Waals surface area contributed by atoms with Crippen molar-refractivity contribution in [3.63, 3.8) is 0 Å². The van der Waals surface area contributed by atoms with Crippen LogP contribution in [0.25, 0.3) is 0 Å². The second kappa shape index (κ2) is 5.79. The van der Waals surface area contributed by atoms with Gasteiger partial charge in [-0.3, -0.25) is 4.98 Å². The molecule has 102 valence electrons. The maximum atomic E-state index is 12.1. The van der Waals surface area contributed by atoms with Crippen LogP contribution in [-0.2, 0) is 23.1 Å². The molecule has 5 nitrogen and oxygen atoms in total. The van der Waals surface area contributed by atoms with Crippen LogP contribution in [-0.4, -0.2) is 13.4 Å². The zero-order chi connectivity index (χ0) is 13.9. The molecule has 0 aliphatic carbocycles. The van der Waals surface area contributed by atoms with Gasteiger partial charge in [-0.25, -0.2) is 13.1 Å². The number of nitrogens with zero attached hydrogens (tertiary/aromatic N) is 1. The maximum Gasteiger partial charge on any atom is 0.250 e. The number of thiophene rings is 1. The van der Waals surface area contributed by atoms with Crippen molar-refractivity contribution in [2.45, 2.75) is 24.2 Å². The fourth-order valence-electron chi connectivity index (χ4n) is 1.55. The summed E-state index contributed by atoms with van der Waals surface area (Å²) < 4.78 is 26.9. The topological polar surface area (TPSA) is 85.1 Å². The minimum absolute atomic E-state index is 0.180. The first-order chi connectivity index (χ1) is 9.01. The summed E-state index contributed by atoms with van der Waals surface area (Å²) in [5.74, 6) is 0. The highest BCUT2D eigenvalue weighted by molar-refractivity contribution is 7.91. The van der Waals surface area contributed by atoms with Crippen LogP contribution < -0.4 is 10.5 Å². The first kappa shape index (κ1) is 14.1. The smallest absolute Gasteiger partial charge is 0.250 e. The molecule has 0 aromatic carbocycles. The molecule has 0 unspecified atom stereocenters. The van der Waals surface area contributed by atoms with E-state index in [2.05, 4.69) is 9.71 Å². The van der Waals surface area contributed by atoms with Gasteiger partial charge in [0, 0.05) is 17.1 Å². The van der Waals surface area contributed by atoms with Gasteiger partial charge < -0.3 is 5.73 Å². The summed E-state index contributed by atoms with van der Waals surface area (Å²) in [5, 5.41) is 0. The lowest BCUT2D eigenvalue weighted by Crippen LogP contribution is -2.23. The van der Waals surface area contributed by atoms with Crippen molar-refractivity contribution in [1.29, 1.82) is 0 Å². The van der Waals surface area contributed by atoms with E-state index >= 15 is 0 Å². The molecule has 2 rings (SSSR count). The third-order valence-corrected chi connectivity index (χ3v) is 5.49. The Kier molecular flexibility index (Phi) is 4.31. The van der Waals surface area contributed by atoms with Gasteiger partial charge in [-0.15, -0.1) is 11.3 Å². The first-order valence-corrected chi connectivity index (χ1v) is 8.02. The van der Waals surface area contributed by atoms with Crippen molar-refractivity contribution < 1.29 is 8.42 Å². The molecule has 0 saturated carbocycles. The average Bonchev–Trinajstić information content (AvgIpc) is 2.86. The third kappa shape index (κ3) is 3.60. The molecule has 0 radical (unpaired) electrons. The largest absolute Gasteiger partial charge is 0.326 e. The van der Waals surface area contributed by atoms with E-state index in [-0.39, 0.29) is 10.8 Å². The van der Waals surface area contributed by atoms with Gasteiger partial charge in [-0.2, -0.15) is 0 Å². The molecule has 0 fully saturated rings. The second-order valence-electron chi connectivity index (χ2n) is 4.02. The molecule has 7 heteroatoms. The molecule has 2 heterocycles. The van der Waals surface area contributed by atoms with Crippen molar-refractivity contribution in [3.05, 3.63) is 46.6 Å². The van der Waals surface area contributed by atoms with Gasteiger partial charge in [0.25, 0.3) is 0 Å². The summed E-state index contributed by atoms with van der Waals surface area (Å²) in [6.07, 6.45) is 0. The van der Waals surface area contributed by atoms with Gasteiger partial charge in [0.05, 0.1) is 12.2 Å². The van der Waals surface area contributed by atoms with Crippen LogP contribution in [0.2, 0.25) is 0 Å². The van der Waals surface area contributed by atoms with E-state index in [1.165, 1.54) is 11.3 Å². The quantitative estimate of drug-likeness (QED) is 0.873. The van der Waals surface area contributed by atoms with Gasteiger partial charge in [0.15, 0.2) is 0 Å². The Bertz CT molecular complexity index is 665. The molecule has 0 saturated heterocycles. The van der Waals surface area contributed by atoms with Crippen LogP contribution in [0.1, 0.15) is 16.3 Å². The van der Waals surface area contributed by atoms with Crippen LogP contribution >= 0.6 is 11.3 Å². The maximum absolute atomic E-state index is 12.1. The Morgan fingerprint density at radius 3 is 2.74 bits per heavy atom. The fraction of sp³-hybridized carbons (Fsp3) is 0.250. The minimum Gasteiger partial charge on any atom is -0.326 e. The molecule has 3 N–H and O–H groups in total. The molecule has 0 aliphatic heterocycles. The molecule has 0 bridgehead atoms. The molecule has 0 amide bonds. The Hall–Kier alpha value is -1.28. The summed E-state index contributed by atoms with van der Waals surface area (Å²) in [5.41, 5.74) is 7.03. The van der Waals surface area contributed by atoms with Crippen molar-refractivity contribution >= 4 is 21.4 Å². The van der Waals surface area contributed by atoms with Crippen LogP contribution in [0, 0.1) is 6.92 Å². The van der Waals surface area contributed by atoms with Crippen LogP contribution in [0.15, 0.2) is 34.5 Å².